The van der Waals surface area contributed by atoms with Crippen LogP contribution in [0.2, 0.25) is 0 Å². The summed E-state index contributed by atoms with van der Waals surface area (Å²) in [6.45, 7) is 4.54. The van der Waals surface area contributed by atoms with Gasteiger partial charge < -0.3 is 25.0 Å². The lowest BCUT2D eigenvalue weighted by Crippen LogP contribution is -2.52. The lowest BCUT2D eigenvalue weighted by molar-refractivity contribution is 0.0351. The number of amides is 3. The number of nitrogens with one attached hydrogen (secondary N) is 1. The highest BCUT2D eigenvalue weighted by atomic mass is 16.5. The molecule has 186 valence electrons. The summed E-state index contributed by atoms with van der Waals surface area (Å²) >= 11 is 0. The molecule has 0 saturated heterocycles. The standard InChI is InChI=1S/C26H38N4O4/c1-17-14-30(18(2)16-31)25(32)22-12-20(19-8-4-5-9-19)13-27-24(22)34-23(17)15-29(3)26(33)28-21-10-6-7-11-21/h8,12-13,17-18,21,23,31H,4-7,9-11,14-16H2,1-3H3,(H,28,33)/t17-,18+,23+/m0/s1. The Morgan fingerprint density at radius 3 is 2.79 bits per heavy atom. The van der Waals surface area contributed by atoms with Gasteiger partial charge in [-0.1, -0.05) is 25.8 Å². The molecule has 2 heterocycles. The monoisotopic (exact) mass is 470 g/mol. The first-order valence-corrected chi connectivity index (χ1v) is 12.7. The van der Waals surface area contributed by atoms with E-state index in [9.17, 15) is 14.7 Å². The maximum Gasteiger partial charge on any atom is 0.317 e. The van der Waals surface area contributed by atoms with Gasteiger partial charge in [0.25, 0.3) is 5.91 Å². The predicted octanol–water partition coefficient (Wildman–Crippen LogP) is 3.45. The zero-order valence-corrected chi connectivity index (χ0v) is 20.6. The number of aliphatic hydroxyl groups excluding tert-OH is 1. The average Bonchev–Trinajstić information content (AvgIpc) is 3.55. The minimum absolute atomic E-state index is 0.0631. The van der Waals surface area contributed by atoms with Gasteiger partial charge in [0.15, 0.2) is 0 Å². The molecule has 8 heteroatoms. The Kier molecular flexibility index (Phi) is 7.76. The van der Waals surface area contributed by atoms with E-state index in [1.165, 1.54) is 5.57 Å². The molecule has 8 nitrogen and oxygen atoms in total. The van der Waals surface area contributed by atoms with Gasteiger partial charge in [-0.25, -0.2) is 9.78 Å². The molecule has 1 aromatic heterocycles. The van der Waals surface area contributed by atoms with Crippen LogP contribution in [-0.4, -0.2) is 76.8 Å². The van der Waals surface area contributed by atoms with E-state index in [4.69, 9.17) is 4.74 Å². The Bertz CT molecular complexity index is 927. The summed E-state index contributed by atoms with van der Waals surface area (Å²) in [6.07, 6.45) is 11.1. The Morgan fingerprint density at radius 2 is 2.12 bits per heavy atom. The number of carbonyl (C=O) groups is 2. The number of nitrogens with zero attached hydrogens (tertiary/aromatic N) is 3. The van der Waals surface area contributed by atoms with Crippen LogP contribution in [0.4, 0.5) is 4.79 Å². The fourth-order valence-electron chi connectivity index (χ4n) is 5.14. The fourth-order valence-corrected chi connectivity index (χ4v) is 5.14. The number of allylic oxidation sites excluding steroid dienone is 2. The molecule has 1 aliphatic heterocycles. The van der Waals surface area contributed by atoms with E-state index in [1.54, 1.807) is 23.0 Å². The van der Waals surface area contributed by atoms with E-state index in [0.717, 1.165) is 50.5 Å². The fraction of sp³-hybridized carbons (Fsp3) is 0.654. The SMILES string of the molecule is C[C@H](CO)N1C[C@H](C)[C@@H](CN(C)C(=O)NC2CCCC2)Oc2ncc(C3=CCCC3)cc2C1=O. The van der Waals surface area contributed by atoms with Crippen LogP contribution in [0.1, 0.15) is 74.7 Å². The van der Waals surface area contributed by atoms with Crippen molar-refractivity contribution in [1.29, 1.82) is 0 Å². The van der Waals surface area contributed by atoms with Crippen molar-refractivity contribution >= 4 is 17.5 Å². The van der Waals surface area contributed by atoms with E-state index in [1.807, 2.05) is 19.9 Å². The van der Waals surface area contributed by atoms with Crippen LogP contribution in [0.5, 0.6) is 5.88 Å². The second kappa shape index (κ2) is 10.8. The third-order valence-corrected chi connectivity index (χ3v) is 7.42. The molecule has 3 aliphatic rings. The normalized spacial score (nSPS) is 24.1. The van der Waals surface area contributed by atoms with Crippen LogP contribution >= 0.6 is 0 Å². The zero-order chi connectivity index (χ0) is 24.2. The number of aliphatic hydroxyl groups is 1. The van der Waals surface area contributed by atoms with E-state index in [-0.39, 0.29) is 42.7 Å². The minimum atomic E-state index is -0.344. The molecule has 0 spiro atoms. The molecule has 0 bridgehead atoms. The number of urea groups is 1. The highest BCUT2D eigenvalue weighted by molar-refractivity contribution is 5.97. The highest BCUT2D eigenvalue weighted by Crippen LogP contribution is 2.32. The largest absolute Gasteiger partial charge is 0.472 e. The molecule has 0 unspecified atom stereocenters. The number of carbonyl (C=O) groups excluding carboxylic acids is 2. The number of ether oxygens (including phenoxy) is 1. The van der Waals surface area contributed by atoms with E-state index in [2.05, 4.69) is 16.4 Å². The van der Waals surface area contributed by atoms with Gasteiger partial charge in [0, 0.05) is 31.7 Å². The maximum atomic E-state index is 13.5. The number of pyridine rings is 1. The Balaban J connectivity index is 1.58. The summed E-state index contributed by atoms with van der Waals surface area (Å²) in [5.74, 6) is 0.0533. The van der Waals surface area contributed by atoms with Gasteiger partial charge in [-0.3, -0.25) is 4.79 Å². The summed E-state index contributed by atoms with van der Waals surface area (Å²) in [4.78, 5) is 34.3. The van der Waals surface area contributed by atoms with Crippen LogP contribution in [0, 0.1) is 5.92 Å². The maximum absolute atomic E-state index is 13.5. The summed E-state index contributed by atoms with van der Waals surface area (Å²) in [5.41, 5.74) is 2.57. The summed E-state index contributed by atoms with van der Waals surface area (Å²) in [7, 11) is 1.78. The van der Waals surface area contributed by atoms with Gasteiger partial charge >= 0.3 is 6.03 Å². The van der Waals surface area contributed by atoms with Crippen LogP contribution in [0.25, 0.3) is 5.57 Å². The van der Waals surface area contributed by atoms with Crippen molar-refractivity contribution in [2.24, 2.45) is 5.92 Å². The van der Waals surface area contributed by atoms with Crippen molar-refractivity contribution < 1.29 is 19.4 Å². The molecule has 0 radical (unpaired) electrons. The summed E-state index contributed by atoms with van der Waals surface area (Å²) in [5, 5.41) is 13.0. The lowest BCUT2D eigenvalue weighted by atomic mass is 9.99. The predicted molar refractivity (Wildman–Crippen MR) is 131 cm³/mol. The molecule has 1 fully saturated rings. The van der Waals surface area contributed by atoms with Crippen molar-refractivity contribution in [3.63, 3.8) is 0 Å². The van der Waals surface area contributed by atoms with Gasteiger partial charge in [0.05, 0.1) is 19.2 Å². The second-order valence-corrected chi connectivity index (χ2v) is 10.1. The number of hydrogen-bond donors (Lipinski definition) is 2. The number of fused-ring (bicyclic) bond motifs is 1. The van der Waals surface area contributed by atoms with Gasteiger partial charge in [-0.05, 0) is 56.2 Å². The van der Waals surface area contributed by atoms with Crippen LogP contribution in [-0.2, 0) is 0 Å². The van der Waals surface area contributed by atoms with Crippen molar-refractivity contribution in [1.82, 2.24) is 20.1 Å². The first-order chi connectivity index (χ1) is 16.4. The third kappa shape index (κ3) is 5.37. The molecule has 3 atom stereocenters. The van der Waals surface area contributed by atoms with Crippen LogP contribution in [0.15, 0.2) is 18.3 Å². The number of hydrogen-bond acceptors (Lipinski definition) is 5. The smallest absolute Gasteiger partial charge is 0.317 e. The topological polar surface area (TPSA) is 95.0 Å². The quantitative estimate of drug-likeness (QED) is 0.664. The van der Waals surface area contributed by atoms with Gasteiger partial charge in [-0.2, -0.15) is 0 Å². The van der Waals surface area contributed by atoms with Crippen LogP contribution in [0.3, 0.4) is 0 Å². The van der Waals surface area contributed by atoms with Gasteiger partial charge in [-0.15, -0.1) is 0 Å². The number of aromatic nitrogens is 1. The van der Waals surface area contributed by atoms with Crippen molar-refractivity contribution in [3.05, 3.63) is 29.5 Å². The Morgan fingerprint density at radius 1 is 1.35 bits per heavy atom. The molecule has 4 rings (SSSR count). The first-order valence-electron chi connectivity index (χ1n) is 12.7. The molecule has 1 aromatic rings. The molecule has 34 heavy (non-hydrogen) atoms. The molecule has 3 amide bonds. The van der Waals surface area contributed by atoms with Gasteiger partial charge in [0.1, 0.15) is 11.7 Å². The Labute approximate surface area is 202 Å². The molecule has 2 N–H and O–H groups in total. The van der Waals surface area contributed by atoms with E-state index >= 15 is 0 Å². The number of rotatable bonds is 6. The Hall–Kier alpha value is -2.61. The summed E-state index contributed by atoms with van der Waals surface area (Å²) < 4.78 is 6.33. The van der Waals surface area contributed by atoms with E-state index < -0.39 is 0 Å². The minimum Gasteiger partial charge on any atom is -0.472 e. The molecule has 2 aliphatic carbocycles. The summed E-state index contributed by atoms with van der Waals surface area (Å²) in [6, 6.07) is 1.69. The number of likely N-dealkylation sites (N-methyl/N-ethyl adjacent to an activating group) is 1. The third-order valence-electron chi connectivity index (χ3n) is 7.42. The highest BCUT2D eigenvalue weighted by Gasteiger charge is 2.35. The molecule has 0 aromatic carbocycles. The first kappa shape index (κ1) is 24.5. The average molecular weight is 471 g/mol. The van der Waals surface area contributed by atoms with Crippen molar-refractivity contribution in [2.75, 3.05) is 26.7 Å². The van der Waals surface area contributed by atoms with Crippen molar-refractivity contribution in [2.45, 2.75) is 77.0 Å². The molecule has 1 saturated carbocycles. The second-order valence-electron chi connectivity index (χ2n) is 10.1. The lowest BCUT2D eigenvalue weighted by Gasteiger charge is -2.37. The van der Waals surface area contributed by atoms with Gasteiger partial charge in [0.2, 0.25) is 5.88 Å². The molecular weight excluding hydrogens is 432 g/mol. The van der Waals surface area contributed by atoms with Crippen molar-refractivity contribution in [3.8, 4) is 5.88 Å². The zero-order valence-electron chi connectivity index (χ0n) is 20.6. The molecular formula is C26H38N4O4. The van der Waals surface area contributed by atoms with E-state index in [0.29, 0.717) is 24.5 Å². The van der Waals surface area contributed by atoms with Crippen LogP contribution < -0.4 is 10.1 Å².